The van der Waals surface area contributed by atoms with Gasteiger partial charge in [-0.15, -0.1) is 0 Å². The van der Waals surface area contributed by atoms with E-state index in [9.17, 15) is 9.59 Å². The maximum atomic E-state index is 11.9. The molecule has 3 aromatic heterocycles. The smallest absolute Gasteiger partial charge is 0.258 e. The van der Waals surface area contributed by atoms with Crippen molar-refractivity contribution in [3.8, 4) is 33.4 Å². The molecule has 19 heteroatoms. The molecule has 0 radical (unpaired) electrons. The molecule has 0 spiro atoms. The van der Waals surface area contributed by atoms with Crippen molar-refractivity contribution in [1.29, 1.82) is 0 Å². The largest absolute Gasteiger partial charge is 0.369 e. The fourth-order valence-corrected chi connectivity index (χ4v) is 13.2. The first-order valence-corrected chi connectivity index (χ1v) is 34.0. The van der Waals surface area contributed by atoms with Crippen LogP contribution in [0.4, 0.5) is 17.1 Å². The van der Waals surface area contributed by atoms with E-state index in [4.69, 9.17) is 46.4 Å². The minimum atomic E-state index is -0.0966. The van der Waals surface area contributed by atoms with Crippen molar-refractivity contribution >= 4 is 112 Å². The van der Waals surface area contributed by atoms with Crippen LogP contribution >= 0.6 is 62.3 Å². The third-order valence-corrected chi connectivity index (χ3v) is 18.9. The van der Waals surface area contributed by atoms with Gasteiger partial charge in [0.05, 0.1) is 40.0 Å². The second-order valence-electron chi connectivity index (χ2n) is 23.1. The molecule has 12 aromatic rings. The van der Waals surface area contributed by atoms with Gasteiger partial charge in [0, 0.05) is 134 Å². The van der Waals surface area contributed by atoms with Gasteiger partial charge in [-0.25, -0.2) is 19.9 Å². The molecule has 3 aliphatic heterocycles. The molecule has 15 rings (SSSR count). The zero-order valence-electron chi connectivity index (χ0n) is 51.6. The summed E-state index contributed by atoms with van der Waals surface area (Å²) < 4.78 is 0. The summed E-state index contributed by atoms with van der Waals surface area (Å²) in [6.45, 7) is 13.7. The molecule has 3 saturated heterocycles. The highest BCUT2D eigenvalue weighted by atomic mass is 79.9. The number of hydrogen-bond acceptors (Lipinski definition) is 12. The lowest BCUT2D eigenvalue weighted by Gasteiger charge is -2.36. The molecule has 94 heavy (non-hydrogen) atoms. The van der Waals surface area contributed by atoms with Gasteiger partial charge < -0.3 is 30.0 Å². The number of nitrogens with zero attached hydrogens (tertiary/aromatic N) is 9. The topological polar surface area (TPSA) is 146 Å². The molecular formula is C75H69BrCl4N12O2. The number of fused-ring (bicyclic) bond motifs is 3. The number of benzene rings is 9. The SMILES string of the molecule is Clc1ccc(-c2ccccc2CBr)cc1.Clc1ccc(-c2ccccc2CN2CCN(c3ccc4c(Cl)ncnc4c3)CC2)cc1.O=c1[nH]cnc2cc(N3CCN(Cc4ccccc4-c4ccc(Cl)cc4)CC3)ccc12.O=c1[nH]cnc2cc(N3CCNCC3)ccc12. The van der Waals surface area contributed by atoms with Gasteiger partial charge in [0.2, 0.25) is 0 Å². The van der Waals surface area contributed by atoms with E-state index in [0.29, 0.717) is 15.9 Å². The second kappa shape index (κ2) is 31.6. The van der Waals surface area contributed by atoms with Gasteiger partial charge in [-0.3, -0.25) is 19.4 Å². The van der Waals surface area contributed by atoms with Crippen molar-refractivity contribution in [2.75, 3.05) is 93.2 Å². The summed E-state index contributed by atoms with van der Waals surface area (Å²) in [6.07, 6.45) is 4.43. The van der Waals surface area contributed by atoms with Crippen molar-refractivity contribution in [2.24, 2.45) is 0 Å². The first-order valence-electron chi connectivity index (χ1n) is 31.3. The number of hydrogen-bond donors (Lipinski definition) is 3. The van der Waals surface area contributed by atoms with Crippen molar-refractivity contribution < 1.29 is 0 Å². The zero-order valence-corrected chi connectivity index (χ0v) is 56.2. The van der Waals surface area contributed by atoms with Crippen LogP contribution in [-0.4, -0.2) is 118 Å². The summed E-state index contributed by atoms with van der Waals surface area (Å²) in [5, 5.41) is 9.15. The Balaban J connectivity index is 0.000000126. The molecule has 14 nitrogen and oxygen atoms in total. The minimum absolute atomic E-state index is 0.0816. The summed E-state index contributed by atoms with van der Waals surface area (Å²) in [5.74, 6) is 0. The molecule has 0 atom stereocenters. The van der Waals surface area contributed by atoms with E-state index < -0.39 is 0 Å². The van der Waals surface area contributed by atoms with Gasteiger partial charge in [0.1, 0.15) is 11.5 Å². The van der Waals surface area contributed by atoms with E-state index in [1.54, 1.807) is 0 Å². The molecule has 0 aliphatic carbocycles. The van der Waals surface area contributed by atoms with E-state index in [-0.39, 0.29) is 11.1 Å². The van der Waals surface area contributed by atoms with Gasteiger partial charge in [-0.05, 0) is 141 Å². The van der Waals surface area contributed by atoms with Crippen LogP contribution in [0.1, 0.15) is 16.7 Å². The number of rotatable bonds is 11. The highest BCUT2D eigenvalue weighted by Gasteiger charge is 2.22. The van der Waals surface area contributed by atoms with Gasteiger partial charge in [0.15, 0.2) is 0 Å². The number of nitrogens with one attached hydrogen (secondary N) is 3. The Morgan fingerprint density at radius 2 is 0.745 bits per heavy atom. The summed E-state index contributed by atoms with van der Waals surface area (Å²) >= 11 is 27.7. The number of anilines is 3. The number of piperazine rings is 3. The summed E-state index contributed by atoms with van der Waals surface area (Å²) in [7, 11) is 0. The van der Waals surface area contributed by atoms with Crippen LogP contribution in [0.25, 0.3) is 66.1 Å². The average molecular weight is 1390 g/mol. The lowest BCUT2D eigenvalue weighted by molar-refractivity contribution is 0.250. The number of aromatic nitrogens is 6. The van der Waals surface area contributed by atoms with Crippen LogP contribution in [0.15, 0.2) is 229 Å². The van der Waals surface area contributed by atoms with Crippen molar-refractivity contribution in [3.63, 3.8) is 0 Å². The van der Waals surface area contributed by atoms with E-state index >= 15 is 0 Å². The van der Waals surface area contributed by atoms with Crippen LogP contribution in [0.2, 0.25) is 20.2 Å². The monoisotopic (exact) mass is 1390 g/mol. The Bertz CT molecular complexity index is 4640. The first kappa shape index (κ1) is 65.6. The predicted molar refractivity (Wildman–Crippen MR) is 393 cm³/mol. The zero-order chi connectivity index (χ0) is 64.8. The summed E-state index contributed by atoms with van der Waals surface area (Å²) in [4.78, 5) is 57.7. The quantitative estimate of drug-likeness (QED) is 0.0837. The van der Waals surface area contributed by atoms with Crippen LogP contribution in [0.5, 0.6) is 0 Å². The molecule has 9 aromatic carbocycles. The number of halogens is 5. The fraction of sp³-hybridized carbons (Fsp3) is 0.200. The molecule has 6 heterocycles. The Morgan fingerprint density at radius 3 is 1.16 bits per heavy atom. The maximum absolute atomic E-state index is 11.9. The molecule has 0 unspecified atom stereocenters. The van der Waals surface area contributed by atoms with Crippen LogP contribution in [-0.2, 0) is 18.4 Å². The minimum Gasteiger partial charge on any atom is -0.369 e. The molecule has 3 aliphatic rings. The third-order valence-electron chi connectivity index (χ3n) is 17.2. The summed E-state index contributed by atoms with van der Waals surface area (Å²) in [5.41, 5.74) is 17.0. The lowest BCUT2D eigenvalue weighted by atomic mass is 9.99. The van der Waals surface area contributed by atoms with Crippen LogP contribution < -0.4 is 31.1 Å². The Morgan fingerprint density at radius 1 is 0.383 bits per heavy atom. The second-order valence-corrected chi connectivity index (χ2v) is 25.3. The Hall–Kier alpha value is -8.48. The number of aromatic amines is 2. The van der Waals surface area contributed by atoms with Gasteiger partial charge >= 0.3 is 0 Å². The number of alkyl halides is 1. The highest BCUT2D eigenvalue weighted by Crippen LogP contribution is 2.32. The number of H-pyrrole nitrogens is 2. The van der Waals surface area contributed by atoms with E-state index in [1.807, 2.05) is 91.0 Å². The van der Waals surface area contributed by atoms with Crippen molar-refractivity contribution in [3.05, 3.63) is 277 Å². The Labute approximate surface area is 574 Å². The van der Waals surface area contributed by atoms with E-state index in [2.05, 4.69) is 185 Å². The molecular weight excluding hydrogens is 1320 g/mol. The Kier molecular flexibility index (Phi) is 22.1. The van der Waals surface area contributed by atoms with Crippen molar-refractivity contribution in [1.82, 2.24) is 45.0 Å². The first-order chi connectivity index (χ1) is 46.0. The summed E-state index contributed by atoms with van der Waals surface area (Å²) in [6, 6.07) is 67.6. The maximum Gasteiger partial charge on any atom is 0.258 e. The fourth-order valence-electron chi connectivity index (χ4n) is 12.1. The molecule has 3 N–H and O–H groups in total. The molecule has 0 amide bonds. The molecule has 0 bridgehead atoms. The lowest BCUT2D eigenvalue weighted by Crippen LogP contribution is -2.46. The predicted octanol–water partition coefficient (Wildman–Crippen LogP) is 15.7. The molecule has 3 fully saturated rings. The van der Waals surface area contributed by atoms with Gasteiger partial charge in [-0.1, -0.05) is 172 Å². The molecule has 476 valence electrons. The average Bonchev–Trinajstić information content (AvgIpc) is 1.60. The molecule has 0 saturated carbocycles. The van der Waals surface area contributed by atoms with Crippen LogP contribution in [0, 0.1) is 0 Å². The normalized spacial score (nSPS) is 14.4. The van der Waals surface area contributed by atoms with E-state index in [0.717, 1.165) is 145 Å². The van der Waals surface area contributed by atoms with Crippen molar-refractivity contribution in [2.45, 2.75) is 18.4 Å². The van der Waals surface area contributed by atoms with Crippen LogP contribution in [0.3, 0.4) is 0 Å². The third kappa shape index (κ3) is 16.5. The highest BCUT2D eigenvalue weighted by molar-refractivity contribution is 9.08. The standard InChI is InChI=1S/C25H22Cl2N4.C25H23ClN4O.C13H10BrCl.C12H14N4O/c26-20-7-5-18(6-8-20)22-4-2-1-3-19(22)16-30-11-13-31(14-12-30)21-9-10-23-24(15-21)28-17-29-25(23)27;26-20-7-5-18(6-8-20)22-4-2-1-3-19(22)16-29-11-13-30(14-12-29)21-9-10-23-24(15-21)27-17-28-25(23)31;14-9-11-3-1-2-4-13(11)10-5-7-12(15)8-6-10;17-12-10-2-1-9(7-11(10)14-8-15-12)16-5-3-13-4-6-16/h1-10,15,17H,11-14,16H2;1-10,15,17H,11-14,16H2,(H,27,28,31);1-8H,9H2;1-2,7-8,13H,3-6H2,(H,14,15,17). The van der Waals surface area contributed by atoms with Gasteiger partial charge in [-0.2, -0.15) is 0 Å². The van der Waals surface area contributed by atoms with E-state index in [1.165, 1.54) is 74.7 Å². The van der Waals surface area contributed by atoms with Gasteiger partial charge in [0.25, 0.3) is 11.1 Å².